The second kappa shape index (κ2) is 8.86. The van der Waals surface area contributed by atoms with Gasteiger partial charge in [-0.2, -0.15) is 0 Å². The Labute approximate surface area is 113 Å². The van der Waals surface area contributed by atoms with E-state index in [2.05, 4.69) is 51.6 Å². The van der Waals surface area contributed by atoms with Crippen LogP contribution in [0.4, 0.5) is 0 Å². The number of nitrogens with two attached hydrogens (primary N) is 1. The van der Waals surface area contributed by atoms with E-state index in [0.717, 1.165) is 19.6 Å². The lowest BCUT2D eigenvalue weighted by Crippen LogP contribution is -2.54. The topological polar surface area (TPSA) is 52.7 Å². The van der Waals surface area contributed by atoms with Crippen molar-refractivity contribution in [3.63, 3.8) is 0 Å². The highest BCUT2D eigenvalue weighted by atomic mass is 16.3. The predicted molar refractivity (Wildman–Crippen MR) is 78.7 cm³/mol. The minimum Gasteiger partial charge on any atom is -0.395 e. The molecule has 2 unspecified atom stereocenters. The molecule has 0 saturated heterocycles. The van der Waals surface area contributed by atoms with Crippen LogP contribution in [0.5, 0.6) is 0 Å². The maximum atomic E-state index is 9.66. The van der Waals surface area contributed by atoms with E-state index in [1.165, 1.54) is 0 Å². The van der Waals surface area contributed by atoms with Crippen molar-refractivity contribution in [2.24, 2.45) is 17.6 Å². The van der Waals surface area contributed by atoms with Crippen molar-refractivity contribution in [2.45, 2.75) is 39.8 Å². The van der Waals surface area contributed by atoms with Gasteiger partial charge in [0.2, 0.25) is 0 Å². The molecule has 4 heteroatoms. The summed E-state index contributed by atoms with van der Waals surface area (Å²) in [6.45, 7) is 11.7. The van der Waals surface area contributed by atoms with Crippen LogP contribution < -0.4 is 5.73 Å². The first-order valence-corrected chi connectivity index (χ1v) is 7.04. The first-order valence-electron chi connectivity index (χ1n) is 7.04. The first kappa shape index (κ1) is 17.8. The number of aliphatic hydroxyl groups excluding tert-OH is 1. The van der Waals surface area contributed by atoms with E-state index in [-0.39, 0.29) is 18.7 Å². The summed E-state index contributed by atoms with van der Waals surface area (Å²) >= 11 is 0. The van der Waals surface area contributed by atoms with Crippen LogP contribution in [0.15, 0.2) is 0 Å². The molecule has 0 aliphatic rings. The molecule has 0 saturated carbocycles. The van der Waals surface area contributed by atoms with Crippen LogP contribution in [0.25, 0.3) is 0 Å². The summed E-state index contributed by atoms with van der Waals surface area (Å²) in [6, 6.07) is 0.0864. The molecular weight excluding hydrogens is 226 g/mol. The largest absolute Gasteiger partial charge is 0.395 e. The van der Waals surface area contributed by atoms with Gasteiger partial charge in [-0.15, -0.1) is 0 Å². The van der Waals surface area contributed by atoms with E-state index < -0.39 is 0 Å². The zero-order valence-electron chi connectivity index (χ0n) is 13.1. The van der Waals surface area contributed by atoms with E-state index in [9.17, 15) is 5.11 Å². The highest BCUT2D eigenvalue weighted by molar-refractivity contribution is 4.84. The lowest BCUT2D eigenvalue weighted by Gasteiger charge is -2.37. The zero-order chi connectivity index (χ0) is 14.3. The summed E-state index contributed by atoms with van der Waals surface area (Å²) < 4.78 is 0. The molecule has 110 valence electrons. The van der Waals surface area contributed by atoms with Crippen LogP contribution in [0, 0.1) is 11.8 Å². The number of aliphatic hydroxyl groups is 1. The van der Waals surface area contributed by atoms with E-state index >= 15 is 0 Å². The summed E-state index contributed by atoms with van der Waals surface area (Å²) in [4.78, 5) is 4.51. The Morgan fingerprint density at radius 3 is 1.94 bits per heavy atom. The van der Waals surface area contributed by atoms with E-state index in [4.69, 9.17) is 5.73 Å². The van der Waals surface area contributed by atoms with Gasteiger partial charge >= 0.3 is 0 Å². The molecule has 0 aromatic heterocycles. The number of hydrogen-bond acceptors (Lipinski definition) is 4. The molecule has 0 fully saturated rings. The molecule has 18 heavy (non-hydrogen) atoms. The smallest absolute Gasteiger partial charge is 0.0602 e. The maximum Gasteiger partial charge on any atom is 0.0602 e. The van der Waals surface area contributed by atoms with Gasteiger partial charge in [-0.3, -0.25) is 4.90 Å². The number of hydrogen-bond donors (Lipinski definition) is 2. The predicted octanol–water partition coefficient (Wildman–Crippen LogP) is 0.850. The molecule has 3 N–H and O–H groups in total. The molecule has 0 spiro atoms. The summed E-state index contributed by atoms with van der Waals surface area (Å²) in [6.07, 6.45) is 0. The summed E-state index contributed by atoms with van der Waals surface area (Å²) in [5, 5.41) is 9.66. The van der Waals surface area contributed by atoms with Crippen LogP contribution in [-0.4, -0.2) is 67.3 Å². The lowest BCUT2D eigenvalue weighted by molar-refractivity contribution is 0.0764. The maximum absolute atomic E-state index is 9.66. The Morgan fingerprint density at radius 2 is 1.61 bits per heavy atom. The summed E-state index contributed by atoms with van der Waals surface area (Å²) in [5.74, 6) is 0.969. The number of nitrogens with zero attached hydrogens (tertiary/aromatic N) is 2. The summed E-state index contributed by atoms with van der Waals surface area (Å²) in [5.41, 5.74) is 6.24. The minimum atomic E-state index is 0.0240. The van der Waals surface area contributed by atoms with Crippen molar-refractivity contribution in [1.82, 2.24) is 9.80 Å². The quantitative estimate of drug-likeness (QED) is 0.644. The molecule has 0 radical (unpaired) electrons. The van der Waals surface area contributed by atoms with Crippen molar-refractivity contribution in [1.29, 1.82) is 0 Å². The van der Waals surface area contributed by atoms with Gasteiger partial charge in [0.05, 0.1) is 6.61 Å². The van der Waals surface area contributed by atoms with Gasteiger partial charge in [-0.25, -0.2) is 0 Å². The van der Waals surface area contributed by atoms with Crippen molar-refractivity contribution in [3.05, 3.63) is 0 Å². The normalized spacial score (nSPS) is 16.0. The minimum absolute atomic E-state index is 0.0240. The molecule has 0 aliphatic heterocycles. The van der Waals surface area contributed by atoms with Crippen molar-refractivity contribution >= 4 is 0 Å². The Balaban J connectivity index is 4.66. The molecule has 0 aromatic carbocycles. The fraction of sp³-hybridized carbons (Fsp3) is 1.00. The third-order valence-corrected chi connectivity index (χ3v) is 3.30. The highest BCUT2D eigenvalue weighted by Gasteiger charge is 2.26. The van der Waals surface area contributed by atoms with Gasteiger partial charge in [-0.1, -0.05) is 27.7 Å². The molecule has 0 heterocycles. The van der Waals surface area contributed by atoms with Crippen LogP contribution in [0.2, 0.25) is 0 Å². The fourth-order valence-corrected chi connectivity index (χ4v) is 2.11. The number of rotatable bonds is 9. The van der Waals surface area contributed by atoms with Crippen molar-refractivity contribution in [3.8, 4) is 0 Å². The molecule has 2 atom stereocenters. The standard InChI is InChI=1S/C14H33N3O/c1-11(2)9-17(8-7-16(5)6)13(10-18)14(15)12(3)4/h11-14,18H,7-10,15H2,1-6H3. The second-order valence-electron chi connectivity index (χ2n) is 6.26. The highest BCUT2D eigenvalue weighted by Crippen LogP contribution is 2.12. The molecule has 0 bridgehead atoms. The third-order valence-electron chi connectivity index (χ3n) is 3.30. The van der Waals surface area contributed by atoms with E-state index in [0.29, 0.717) is 11.8 Å². The van der Waals surface area contributed by atoms with Crippen LogP contribution >= 0.6 is 0 Å². The molecule has 0 aromatic rings. The Hall–Kier alpha value is -0.160. The third kappa shape index (κ3) is 6.69. The lowest BCUT2D eigenvalue weighted by atomic mass is 9.96. The SMILES string of the molecule is CC(C)CN(CCN(C)C)C(CO)C(N)C(C)C. The van der Waals surface area contributed by atoms with Crippen molar-refractivity contribution < 1.29 is 5.11 Å². The van der Waals surface area contributed by atoms with Gasteiger partial charge < -0.3 is 15.7 Å². The van der Waals surface area contributed by atoms with Gasteiger partial charge in [0.15, 0.2) is 0 Å². The average Bonchev–Trinajstić information content (AvgIpc) is 2.25. The van der Waals surface area contributed by atoms with Gasteiger partial charge in [0, 0.05) is 31.7 Å². The molecule has 4 nitrogen and oxygen atoms in total. The van der Waals surface area contributed by atoms with Crippen LogP contribution in [-0.2, 0) is 0 Å². The average molecular weight is 259 g/mol. The van der Waals surface area contributed by atoms with E-state index in [1.54, 1.807) is 0 Å². The molecular formula is C14H33N3O. The second-order valence-corrected chi connectivity index (χ2v) is 6.26. The molecule has 0 rings (SSSR count). The fourth-order valence-electron chi connectivity index (χ4n) is 2.11. The van der Waals surface area contributed by atoms with Gasteiger partial charge in [0.1, 0.15) is 0 Å². The van der Waals surface area contributed by atoms with Gasteiger partial charge in [-0.05, 0) is 25.9 Å². The Kier molecular flexibility index (Phi) is 8.78. The van der Waals surface area contributed by atoms with Crippen molar-refractivity contribution in [2.75, 3.05) is 40.3 Å². The molecule has 0 amide bonds. The van der Waals surface area contributed by atoms with Crippen LogP contribution in [0.3, 0.4) is 0 Å². The van der Waals surface area contributed by atoms with E-state index in [1.807, 2.05) is 0 Å². The Bertz CT molecular complexity index is 207. The molecule has 0 aliphatic carbocycles. The number of likely N-dealkylation sites (N-methyl/N-ethyl adjacent to an activating group) is 1. The van der Waals surface area contributed by atoms with Crippen LogP contribution in [0.1, 0.15) is 27.7 Å². The zero-order valence-corrected chi connectivity index (χ0v) is 13.1. The van der Waals surface area contributed by atoms with Gasteiger partial charge in [0.25, 0.3) is 0 Å². The Morgan fingerprint density at radius 1 is 1.06 bits per heavy atom. The first-order chi connectivity index (χ1) is 8.29. The monoisotopic (exact) mass is 259 g/mol. The summed E-state index contributed by atoms with van der Waals surface area (Å²) in [7, 11) is 4.15.